The Hall–Kier alpha value is -2.21. The molecule has 2 aliphatic rings. The third kappa shape index (κ3) is 3.06. The zero-order chi connectivity index (χ0) is 17.5. The van der Waals surface area contributed by atoms with Crippen LogP contribution in [-0.4, -0.2) is 14.2 Å². The second kappa shape index (κ2) is 5.95. The molecule has 6 heteroatoms. The number of benzene rings is 2. The number of ether oxygens (including phenoxy) is 2. The molecule has 0 bridgehead atoms. The molecule has 4 rings (SSSR count). The second-order valence-corrected chi connectivity index (χ2v) is 8.27. The van der Waals surface area contributed by atoms with E-state index in [-0.39, 0.29) is 4.90 Å². The lowest BCUT2D eigenvalue weighted by Crippen LogP contribution is -2.34. The van der Waals surface area contributed by atoms with E-state index in [4.69, 9.17) is 9.47 Å². The van der Waals surface area contributed by atoms with Gasteiger partial charge in [-0.1, -0.05) is 19.1 Å². The minimum atomic E-state index is -3.63. The molecule has 0 saturated heterocycles. The maximum Gasteiger partial charge on any atom is 0.261 e. The van der Waals surface area contributed by atoms with Crippen LogP contribution >= 0.6 is 0 Å². The first-order valence-corrected chi connectivity index (χ1v) is 10.1. The average Bonchev–Trinajstić information content (AvgIpc) is 3.20. The van der Waals surface area contributed by atoms with Gasteiger partial charge in [-0.25, -0.2) is 8.42 Å². The largest absolute Gasteiger partial charge is 0.448 e. The van der Waals surface area contributed by atoms with Crippen molar-refractivity contribution < 1.29 is 17.9 Å². The van der Waals surface area contributed by atoms with E-state index in [1.807, 2.05) is 19.1 Å². The molecular weight excluding hydrogens is 338 g/mol. The number of hydrogen-bond acceptors (Lipinski definition) is 4. The van der Waals surface area contributed by atoms with E-state index in [1.165, 1.54) is 0 Å². The molecule has 25 heavy (non-hydrogen) atoms. The highest BCUT2D eigenvalue weighted by Gasteiger charge is 2.44. The van der Waals surface area contributed by atoms with Crippen molar-refractivity contribution in [2.24, 2.45) is 0 Å². The number of sulfonamides is 1. The van der Waals surface area contributed by atoms with Crippen molar-refractivity contribution in [1.82, 2.24) is 0 Å². The number of nitrogens with one attached hydrogen (secondary N) is 1. The molecular formula is C19H21NO4S. The van der Waals surface area contributed by atoms with Gasteiger partial charge in [0.2, 0.25) is 0 Å². The van der Waals surface area contributed by atoms with E-state index in [1.54, 1.807) is 30.3 Å². The van der Waals surface area contributed by atoms with Crippen molar-refractivity contribution in [3.05, 3.63) is 48.0 Å². The summed E-state index contributed by atoms with van der Waals surface area (Å²) in [7, 11) is -3.63. The van der Waals surface area contributed by atoms with Gasteiger partial charge in [0, 0.05) is 18.9 Å². The van der Waals surface area contributed by atoms with Gasteiger partial charge in [0.25, 0.3) is 15.8 Å². The minimum Gasteiger partial charge on any atom is -0.448 e. The van der Waals surface area contributed by atoms with E-state index in [2.05, 4.69) is 4.72 Å². The predicted octanol–water partition coefficient (Wildman–Crippen LogP) is 4.09. The molecule has 1 aliphatic carbocycles. The van der Waals surface area contributed by atoms with Crippen LogP contribution in [0.2, 0.25) is 0 Å². The number of anilines is 1. The Morgan fingerprint density at radius 2 is 1.68 bits per heavy atom. The fourth-order valence-electron chi connectivity index (χ4n) is 3.39. The quantitative estimate of drug-likeness (QED) is 0.893. The Morgan fingerprint density at radius 3 is 2.36 bits per heavy atom. The van der Waals surface area contributed by atoms with Gasteiger partial charge in [0.1, 0.15) is 0 Å². The van der Waals surface area contributed by atoms with Crippen LogP contribution < -0.4 is 14.2 Å². The molecule has 2 aromatic rings. The molecule has 132 valence electrons. The first kappa shape index (κ1) is 16.3. The third-order valence-electron chi connectivity index (χ3n) is 4.80. The van der Waals surface area contributed by atoms with Crippen molar-refractivity contribution in [3.8, 4) is 11.5 Å². The van der Waals surface area contributed by atoms with Crippen molar-refractivity contribution in [3.63, 3.8) is 0 Å². The highest BCUT2D eigenvalue weighted by atomic mass is 32.2. The van der Waals surface area contributed by atoms with E-state index in [0.717, 1.165) is 37.7 Å². The van der Waals surface area contributed by atoms with E-state index < -0.39 is 15.8 Å². The highest BCUT2D eigenvalue weighted by Crippen LogP contribution is 2.47. The molecule has 1 aliphatic heterocycles. The van der Waals surface area contributed by atoms with Crippen LogP contribution in [0.15, 0.2) is 47.4 Å². The van der Waals surface area contributed by atoms with Crippen molar-refractivity contribution in [2.45, 2.75) is 49.7 Å². The summed E-state index contributed by atoms with van der Waals surface area (Å²) in [6.07, 6.45) is 4.78. The Morgan fingerprint density at radius 1 is 1.00 bits per heavy atom. The van der Waals surface area contributed by atoms with Crippen LogP contribution in [0.25, 0.3) is 0 Å². The number of fused-ring (bicyclic) bond motifs is 1. The van der Waals surface area contributed by atoms with Gasteiger partial charge in [-0.15, -0.1) is 0 Å². The number of hydrogen-bond donors (Lipinski definition) is 1. The van der Waals surface area contributed by atoms with Crippen LogP contribution in [0.5, 0.6) is 11.5 Å². The Labute approximate surface area is 148 Å². The normalized spacial score (nSPS) is 17.8. The second-order valence-electron chi connectivity index (χ2n) is 6.59. The summed E-state index contributed by atoms with van der Waals surface area (Å²) in [6.45, 7) is 2.03. The lowest BCUT2D eigenvalue weighted by Gasteiger charge is -2.21. The van der Waals surface area contributed by atoms with Crippen LogP contribution in [0.3, 0.4) is 0 Å². The van der Waals surface area contributed by atoms with Crippen molar-refractivity contribution >= 4 is 15.7 Å². The van der Waals surface area contributed by atoms with Gasteiger partial charge < -0.3 is 9.47 Å². The number of aryl methyl sites for hydroxylation is 1. The lowest BCUT2D eigenvalue weighted by atomic mass is 10.2. The SMILES string of the molecule is CCc1ccc(S(=O)(=O)Nc2ccc3c(c2)OC2(CCCC2)O3)cc1. The Kier molecular flexibility index (Phi) is 3.87. The molecule has 2 aromatic carbocycles. The van der Waals surface area contributed by atoms with Crippen LogP contribution in [0, 0.1) is 0 Å². The predicted molar refractivity (Wildman–Crippen MR) is 95.5 cm³/mol. The molecule has 1 N–H and O–H groups in total. The molecule has 0 radical (unpaired) electrons. The molecule has 5 nitrogen and oxygen atoms in total. The van der Waals surface area contributed by atoms with Gasteiger partial charge >= 0.3 is 0 Å². The Bertz CT molecular complexity index is 884. The van der Waals surface area contributed by atoms with Crippen molar-refractivity contribution in [1.29, 1.82) is 0 Å². The summed E-state index contributed by atoms with van der Waals surface area (Å²) in [5.41, 5.74) is 1.57. The summed E-state index contributed by atoms with van der Waals surface area (Å²) in [4.78, 5) is 0.245. The summed E-state index contributed by atoms with van der Waals surface area (Å²) in [5, 5.41) is 0. The molecule has 0 amide bonds. The molecule has 1 heterocycles. The Balaban J connectivity index is 1.55. The number of rotatable bonds is 4. The summed E-state index contributed by atoms with van der Waals surface area (Å²) < 4.78 is 39.7. The molecule has 1 spiro atoms. The monoisotopic (exact) mass is 359 g/mol. The molecule has 0 unspecified atom stereocenters. The standard InChI is InChI=1S/C19H21NO4S/c1-2-14-5-8-16(9-6-14)25(21,22)20-15-7-10-17-18(13-15)24-19(23-17)11-3-4-12-19/h5-10,13,20H,2-4,11-12H2,1H3. The molecule has 1 fully saturated rings. The summed E-state index contributed by atoms with van der Waals surface area (Å²) in [6, 6.07) is 12.1. The zero-order valence-corrected chi connectivity index (χ0v) is 14.9. The van der Waals surface area contributed by atoms with Crippen LogP contribution in [0.1, 0.15) is 38.2 Å². The first-order chi connectivity index (χ1) is 12.0. The van der Waals surface area contributed by atoms with Gasteiger partial charge in [-0.2, -0.15) is 0 Å². The summed E-state index contributed by atoms with van der Waals surface area (Å²) in [5.74, 6) is 0.732. The maximum atomic E-state index is 12.6. The van der Waals surface area contributed by atoms with E-state index in [0.29, 0.717) is 17.2 Å². The summed E-state index contributed by atoms with van der Waals surface area (Å²) >= 11 is 0. The average molecular weight is 359 g/mol. The third-order valence-corrected chi connectivity index (χ3v) is 6.19. The first-order valence-electron chi connectivity index (χ1n) is 8.64. The highest BCUT2D eigenvalue weighted by molar-refractivity contribution is 7.92. The van der Waals surface area contributed by atoms with Gasteiger partial charge in [0.05, 0.1) is 10.6 Å². The fourth-order valence-corrected chi connectivity index (χ4v) is 4.44. The van der Waals surface area contributed by atoms with Crippen molar-refractivity contribution in [2.75, 3.05) is 4.72 Å². The van der Waals surface area contributed by atoms with E-state index in [9.17, 15) is 8.42 Å². The minimum absolute atomic E-state index is 0.245. The topological polar surface area (TPSA) is 64.6 Å². The van der Waals surface area contributed by atoms with Gasteiger partial charge in [-0.05, 0) is 49.1 Å². The molecule has 0 aromatic heterocycles. The van der Waals surface area contributed by atoms with E-state index >= 15 is 0 Å². The zero-order valence-electron chi connectivity index (χ0n) is 14.1. The van der Waals surface area contributed by atoms with Crippen LogP contribution in [-0.2, 0) is 16.4 Å². The lowest BCUT2D eigenvalue weighted by molar-refractivity contribution is -0.0716. The molecule has 0 atom stereocenters. The maximum absolute atomic E-state index is 12.6. The smallest absolute Gasteiger partial charge is 0.261 e. The van der Waals surface area contributed by atoms with Gasteiger partial charge in [-0.3, -0.25) is 4.72 Å². The van der Waals surface area contributed by atoms with Gasteiger partial charge in [0.15, 0.2) is 11.5 Å². The molecule has 1 saturated carbocycles. The van der Waals surface area contributed by atoms with Crippen LogP contribution in [0.4, 0.5) is 5.69 Å². The fraction of sp³-hybridized carbons (Fsp3) is 0.368.